The first-order valence-electron chi connectivity index (χ1n) is 5.78. The molecule has 3 heterocycles. The van der Waals surface area contributed by atoms with Gasteiger partial charge < -0.3 is 4.90 Å². The molecule has 0 spiro atoms. The van der Waals surface area contributed by atoms with Gasteiger partial charge in [0.05, 0.1) is 0 Å². The molecule has 0 aliphatic carbocycles. The van der Waals surface area contributed by atoms with Crippen molar-refractivity contribution >= 4 is 5.69 Å². The van der Waals surface area contributed by atoms with E-state index < -0.39 is 0 Å². The summed E-state index contributed by atoms with van der Waals surface area (Å²) in [6, 6.07) is 10.3. The average molecular weight is 202 g/mol. The molecule has 1 aromatic rings. The Hall–Kier alpha value is -1.02. The van der Waals surface area contributed by atoms with E-state index in [9.17, 15) is 0 Å². The van der Waals surface area contributed by atoms with Crippen molar-refractivity contribution < 1.29 is 0 Å². The number of anilines is 1. The van der Waals surface area contributed by atoms with Crippen molar-refractivity contribution in [1.82, 2.24) is 4.90 Å². The standard InChI is InChI=1S/C13H18N2/c1-10-5-3-4-6-13(10)15-8-11-7-12(9-15)14(11)2/h3-6,11-12H,7-9H2,1-2H3. The molecule has 0 saturated carbocycles. The van der Waals surface area contributed by atoms with E-state index in [1.54, 1.807) is 0 Å². The van der Waals surface area contributed by atoms with Crippen molar-refractivity contribution in [1.29, 1.82) is 0 Å². The van der Waals surface area contributed by atoms with Gasteiger partial charge in [0.25, 0.3) is 0 Å². The monoisotopic (exact) mass is 202 g/mol. The van der Waals surface area contributed by atoms with E-state index in [0.717, 1.165) is 12.1 Å². The second-order valence-electron chi connectivity index (χ2n) is 4.90. The lowest BCUT2D eigenvalue weighted by Crippen LogP contribution is -2.67. The SMILES string of the molecule is Cc1ccccc1N1CC2CC(C1)N2C. The van der Waals surface area contributed by atoms with Gasteiger partial charge in [0.15, 0.2) is 0 Å². The molecule has 0 radical (unpaired) electrons. The van der Waals surface area contributed by atoms with Crippen LogP contribution in [-0.2, 0) is 0 Å². The van der Waals surface area contributed by atoms with E-state index in [1.165, 1.54) is 30.8 Å². The Labute approximate surface area is 91.5 Å². The molecule has 0 aromatic heterocycles. The molecular weight excluding hydrogens is 184 g/mol. The number of likely N-dealkylation sites (N-methyl/N-ethyl adjacent to an activating group) is 1. The van der Waals surface area contributed by atoms with Crippen LogP contribution in [-0.4, -0.2) is 37.1 Å². The van der Waals surface area contributed by atoms with Crippen LogP contribution in [0.3, 0.4) is 0 Å². The van der Waals surface area contributed by atoms with Crippen molar-refractivity contribution in [3.8, 4) is 0 Å². The summed E-state index contributed by atoms with van der Waals surface area (Å²) >= 11 is 0. The summed E-state index contributed by atoms with van der Waals surface area (Å²) in [5, 5.41) is 0. The Morgan fingerprint density at radius 1 is 1.13 bits per heavy atom. The number of fused-ring (bicyclic) bond motifs is 2. The molecule has 0 amide bonds. The highest BCUT2D eigenvalue weighted by Crippen LogP contribution is 2.33. The fraction of sp³-hybridized carbons (Fsp3) is 0.538. The largest absolute Gasteiger partial charge is 0.368 e. The first-order valence-corrected chi connectivity index (χ1v) is 5.78. The Morgan fingerprint density at radius 2 is 1.80 bits per heavy atom. The second-order valence-corrected chi connectivity index (χ2v) is 4.90. The van der Waals surface area contributed by atoms with Gasteiger partial charge in [-0.25, -0.2) is 0 Å². The predicted molar refractivity (Wildman–Crippen MR) is 63.3 cm³/mol. The fourth-order valence-electron chi connectivity index (χ4n) is 2.91. The van der Waals surface area contributed by atoms with E-state index in [2.05, 4.69) is 48.0 Å². The lowest BCUT2D eigenvalue weighted by Gasteiger charge is -2.55. The minimum atomic E-state index is 0.795. The highest BCUT2D eigenvalue weighted by atomic mass is 15.3. The van der Waals surface area contributed by atoms with Crippen LogP contribution in [0.4, 0.5) is 5.69 Å². The maximum Gasteiger partial charge on any atom is 0.0397 e. The molecule has 3 aliphatic heterocycles. The van der Waals surface area contributed by atoms with Crippen molar-refractivity contribution in [3.63, 3.8) is 0 Å². The first-order chi connectivity index (χ1) is 7.25. The molecule has 15 heavy (non-hydrogen) atoms. The minimum Gasteiger partial charge on any atom is -0.368 e. The molecule has 80 valence electrons. The van der Waals surface area contributed by atoms with Crippen molar-refractivity contribution in [2.24, 2.45) is 0 Å². The van der Waals surface area contributed by atoms with Crippen molar-refractivity contribution in [2.45, 2.75) is 25.4 Å². The molecule has 2 heteroatoms. The maximum atomic E-state index is 2.55. The normalized spacial score (nSPS) is 30.1. The Bertz CT molecular complexity index is 363. The van der Waals surface area contributed by atoms with Gasteiger partial charge in [-0.2, -0.15) is 0 Å². The van der Waals surface area contributed by atoms with Crippen molar-refractivity contribution in [3.05, 3.63) is 29.8 Å². The van der Waals surface area contributed by atoms with E-state index >= 15 is 0 Å². The summed E-state index contributed by atoms with van der Waals surface area (Å²) in [5.74, 6) is 0. The van der Waals surface area contributed by atoms with Gasteiger partial charge >= 0.3 is 0 Å². The van der Waals surface area contributed by atoms with Gasteiger partial charge in [0, 0.05) is 30.9 Å². The zero-order valence-corrected chi connectivity index (χ0v) is 9.48. The molecule has 1 aromatic carbocycles. The van der Waals surface area contributed by atoms with E-state index in [0.29, 0.717) is 0 Å². The number of para-hydroxylation sites is 1. The quantitative estimate of drug-likeness (QED) is 0.686. The van der Waals surface area contributed by atoms with E-state index in [4.69, 9.17) is 0 Å². The van der Waals surface area contributed by atoms with Gasteiger partial charge in [0.2, 0.25) is 0 Å². The zero-order valence-electron chi connectivity index (χ0n) is 9.48. The third-order valence-corrected chi connectivity index (χ3v) is 4.01. The molecule has 3 saturated heterocycles. The number of piperazine rings is 1. The smallest absolute Gasteiger partial charge is 0.0397 e. The lowest BCUT2D eigenvalue weighted by molar-refractivity contribution is 0.0263. The number of piperidine rings is 1. The highest BCUT2D eigenvalue weighted by molar-refractivity contribution is 5.54. The average Bonchev–Trinajstić information content (AvgIpc) is 2.29. The summed E-state index contributed by atoms with van der Waals surface area (Å²) in [4.78, 5) is 5.07. The summed E-state index contributed by atoms with van der Waals surface area (Å²) in [6.45, 7) is 4.62. The number of aryl methyl sites for hydroxylation is 1. The van der Waals surface area contributed by atoms with Crippen LogP contribution in [0.15, 0.2) is 24.3 Å². The van der Waals surface area contributed by atoms with Gasteiger partial charge in [-0.3, -0.25) is 4.90 Å². The van der Waals surface area contributed by atoms with E-state index in [-0.39, 0.29) is 0 Å². The summed E-state index contributed by atoms with van der Waals surface area (Å²) < 4.78 is 0. The molecule has 2 unspecified atom stereocenters. The third kappa shape index (κ3) is 1.36. The number of hydrogen-bond acceptors (Lipinski definition) is 2. The fourth-order valence-corrected chi connectivity index (χ4v) is 2.91. The van der Waals surface area contributed by atoms with Gasteiger partial charge in [-0.05, 0) is 32.0 Å². The van der Waals surface area contributed by atoms with Crippen LogP contribution in [0, 0.1) is 6.92 Å². The predicted octanol–water partition coefficient (Wildman–Crippen LogP) is 1.89. The molecule has 2 bridgehead atoms. The summed E-state index contributed by atoms with van der Waals surface area (Å²) in [7, 11) is 2.26. The summed E-state index contributed by atoms with van der Waals surface area (Å²) in [6.07, 6.45) is 1.40. The number of hydrogen-bond donors (Lipinski definition) is 0. The molecule has 2 nitrogen and oxygen atoms in total. The van der Waals surface area contributed by atoms with Crippen LogP contribution < -0.4 is 4.90 Å². The molecule has 3 fully saturated rings. The van der Waals surface area contributed by atoms with Crippen LogP contribution >= 0.6 is 0 Å². The van der Waals surface area contributed by atoms with Gasteiger partial charge in [-0.1, -0.05) is 18.2 Å². The number of benzene rings is 1. The Morgan fingerprint density at radius 3 is 2.40 bits per heavy atom. The first kappa shape index (κ1) is 9.22. The van der Waals surface area contributed by atoms with Crippen LogP contribution in [0.2, 0.25) is 0 Å². The zero-order chi connectivity index (χ0) is 10.4. The van der Waals surface area contributed by atoms with Crippen LogP contribution in [0.1, 0.15) is 12.0 Å². The molecule has 2 atom stereocenters. The number of nitrogens with zero attached hydrogens (tertiary/aromatic N) is 2. The molecule has 4 rings (SSSR count). The Kier molecular flexibility index (Phi) is 1.99. The summed E-state index contributed by atoms with van der Waals surface area (Å²) in [5.41, 5.74) is 2.83. The minimum absolute atomic E-state index is 0.795. The molecule has 3 aliphatic rings. The Balaban J connectivity index is 1.83. The number of rotatable bonds is 1. The lowest BCUT2D eigenvalue weighted by atomic mass is 9.88. The van der Waals surface area contributed by atoms with Crippen LogP contribution in [0.5, 0.6) is 0 Å². The second kappa shape index (κ2) is 3.24. The highest BCUT2D eigenvalue weighted by Gasteiger charge is 2.42. The van der Waals surface area contributed by atoms with Gasteiger partial charge in [-0.15, -0.1) is 0 Å². The third-order valence-electron chi connectivity index (χ3n) is 4.01. The molecule has 0 N–H and O–H groups in total. The van der Waals surface area contributed by atoms with Crippen LogP contribution in [0.25, 0.3) is 0 Å². The molecular formula is C13H18N2. The maximum absolute atomic E-state index is 2.55. The van der Waals surface area contributed by atoms with E-state index in [1.807, 2.05) is 0 Å². The van der Waals surface area contributed by atoms with Crippen molar-refractivity contribution in [2.75, 3.05) is 25.0 Å². The van der Waals surface area contributed by atoms with Gasteiger partial charge in [0.1, 0.15) is 0 Å². The topological polar surface area (TPSA) is 6.48 Å².